The first-order valence-electron chi connectivity index (χ1n) is 7.77. The third-order valence-electron chi connectivity index (χ3n) is 3.62. The Labute approximate surface area is 168 Å². The lowest BCUT2D eigenvalue weighted by Gasteiger charge is -2.10. The fraction of sp³-hybridized carbons (Fsp3) is 0.0556. The van der Waals surface area contributed by atoms with Crippen LogP contribution in [-0.4, -0.2) is 28.2 Å². The summed E-state index contributed by atoms with van der Waals surface area (Å²) >= 11 is 6.09. The second kappa shape index (κ2) is 8.19. The smallest absolute Gasteiger partial charge is 0.343 e. The highest BCUT2D eigenvalue weighted by atomic mass is 32.2. The zero-order valence-corrected chi connectivity index (χ0v) is 16.0. The van der Waals surface area contributed by atoms with Crippen molar-refractivity contribution in [3.63, 3.8) is 0 Å². The first-order valence-corrected chi connectivity index (χ1v) is 8.99. The minimum absolute atomic E-state index is 0.0370. The molecule has 1 heterocycles. The molecule has 142 valence electrons. The van der Waals surface area contributed by atoms with E-state index in [1.165, 1.54) is 31.4 Å². The van der Waals surface area contributed by atoms with Crippen LogP contribution in [-0.2, 0) is 4.79 Å². The van der Waals surface area contributed by atoms with Gasteiger partial charge in [0.1, 0.15) is 4.32 Å². The van der Waals surface area contributed by atoms with Crippen LogP contribution in [0, 0.1) is 10.1 Å². The number of nitrogens with zero attached hydrogens (tertiary/aromatic N) is 1. The Hall–Kier alpha value is -3.24. The van der Waals surface area contributed by atoms with Gasteiger partial charge in [-0.3, -0.25) is 14.9 Å². The molecule has 0 unspecified atom stereocenters. The van der Waals surface area contributed by atoms with Gasteiger partial charge >= 0.3 is 5.97 Å². The summed E-state index contributed by atoms with van der Waals surface area (Å²) in [5.41, 5.74) is 0.470. The Bertz CT molecular complexity index is 1030. The van der Waals surface area contributed by atoms with E-state index in [-0.39, 0.29) is 28.7 Å². The number of nitrogens with one attached hydrogen (secondary N) is 1. The third kappa shape index (κ3) is 4.35. The molecule has 0 bridgehead atoms. The van der Waals surface area contributed by atoms with Crippen LogP contribution in [0.4, 0.5) is 5.69 Å². The Morgan fingerprint density at radius 2 is 2.04 bits per heavy atom. The summed E-state index contributed by atoms with van der Waals surface area (Å²) in [6.45, 7) is 0. The molecular weight excluding hydrogens is 404 g/mol. The topological polar surface area (TPSA) is 108 Å². The van der Waals surface area contributed by atoms with Crippen molar-refractivity contribution in [2.24, 2.45) is 0 Å². The normalized spacial score (nSPS) is 14.7. The van der Waals surface area contributed by atoms with Crippen LogP contribution in [0.1, 0.15) is 15.9 Å². The number of methoxy groups -OCH3 is 1. The lowest BCUT2D eigenvalue weighted by Crippen LogP contribution is -2.17. The van der Waals surface area contributed by atoms with Crippen LogP contribution < -0.4 is 14.8 Å². The molecule has 0 radical (unpaired) electrons. The Morgan fingerprint density at radius 1 is 1.25 bits per heavy atom. The molecule has 0 atom stereocenters. The average Bonchev–Trinajstić information content (AvgIpc) is 2.99. The van der Waals surface area contributed by atoms with Crippen molar-refractivity contribution in [3.05, 3.63) is 68.6 Å². The summed E-state index contributed by atoms with van der Waals surface area (Å²) in [6, 6.07) is 9.97. The Kier molecular flexibility index (Phi) is 5.71. The molecule has 0 saturated carbocycles. The molecule has 3 rings (SSSR count). The van der Waals surface area contributed by atoms with Crippen molar-refractivity contribution >= 4 is 51.9 Å². The van der Waals surface area contributed by atoms with Crippen LogP contribution in [0.15, 0.2) is 47.4 Å². The van der Waals surface area contributed by atoms with E-state index < -0.39 is 10.9 Å². The van der Waals surface area contributed by atoms with Crippen molar-refractivity contribution < 1.29 is 24.0 Å². The number of ether oxygens (including phenoxy) is 2. The summed E-state index contributed by atoms with van der Waals surface area (Å²) in [4.78, 5) is 34.8. The van der Waals surface area contributed by atoms with Crippen molar-refractivity contribution in [1.82, 2.24) is 5.32 Å². The second-order valence-corrected chi connectivity index (χ2v) is 7.18. The van der Waals surface area contributed by atoms with E-state index in [2.05, 4.69) is 5.32 Å². The van der Waals surface area contributed by atoms with Crippen LogP contribution in [0.25, 0.3) is 6.08 Å². The van der Waals surface area contributed by atoms with E-state index in [1.54, 1.807) is 18.2 Å². The molecule has 1 aliphatic heterocycles. The minimum Gasteiger partial charge on any atom is -0.493 e. The molecule has 0 aliphatic carbocycles. The maximum Gasteiger partial charge on any atom is 0.343 e. The lowest BCUT2D eigenvalue weighted by atomic mass is 10.1. The molecule has 10 heteroatoms. The number of nitro groups is 1. The van der Waals surface area contributed by atoms with E-state index in [9.17, 15) is 19.7 Å². The molecule has 0 spiro atoms. The Morgan fingerprint density at radius 3 is 2.68 bits per heavy atom. The number of thioether (sulfide) groups is 1. The highest BCUT2D eigenvalue weighted by molar-refractivity contribution is 8.26. The van der Waals surface area contributed by atoms with E-state index in [0.29, 0.717) is 14.8 Å². The largest absolute Gasteiger partial charge is 0.493 e. The molecule has 0 aromatic heterocycles. The summed E-state index contributed by atoms with van der Waals surface area (Å²) < 4.78 is 10.9. The SMILES string of the molecule is COc1cc(/C=C2\SC(=S)NC2=O)ccc1OC(=O)c1cccc([N+](=O)[O-])c1. The van der Waals surface area contributed by atoms with E-state index >= 15 is 0 Å². The van der Waals surface area contributed by atoms with Gasteiger partial charge in [-0.1, -0.05) is 36.1 Å². The number of non-ortho nitro benzene ring substituents is 1. The highest BCUT2D eigenvalue weighted by Crippen LogP contribution is 2.32. The van der Waals surface area contributed by atoms with Gasteiger partial charge in [0, 0.05) is 12.1 Å². The van der Waals surface area contributed by atoms with Crippen molar-refractivity contribution in [3.8, 4) is 11.5 Å². The van der Waals surface area contributed by atoms with Gasteiger partial charge in [0.15, 0.2) is 11.5 Å². The minimum atomic E-state index is -0.760. The molecule has 2 aromatic carbocycles. The first kappa shape index (κ1) is 19.5. The predicted octanol–water partition coefficient (Wildman–Crippen LogP) is 3.31. The summed E-state index contributed by atoms with van der Waals surface area (Å²) in [5.74, 6) is -0.640. The molecule has 1 fully saturated rings. The van der Waals surface area contributed by atoms with Crippen LogP contribution in [0.2, 0.25) is 0 Å². The van der Waals surface area contributed by atoms with Gasteiger partial charge in [-0.25, -0.2) is 4.79 Å². The summed E-state index contributed by atoms with van der Waals surface area (Å²) in [7, 11) is 1.41. The van der Waals surface area contributed by atoms with Gasteiger partial charge in [-0.15, -0.1) is 0 Å². The molecule has 1 aliphatic rings. The Balaban J connectivity index is 1.83. The van der Waals surface area contributed by atoms with Crippen molar-refractivity contribution in [2.45, 2.75) is 0 Å². The zero-order valence-electron chi connectivity index (χ0n) is 14.3. The molecule has 1 saturated heterocycles. The number of carbonyl (C=O) groups excluding carboxylic acids is 2. The van der Waals surface area contributed by atoms with Gasteiger partial charge in [0.2, 0.25) is 0 Å². The maximum atomic E-state index is 12.3. The highest BCUT2D eigenvalue weighted by Gasteiger charge is 2.22. The van der Waals surface area contributed by atoms with Gasteiger partial charge in [0.05, 0.1) is 22.5 Å². The molecule has 2 aromatic rings. The molecular formula is C18H12N2O6S2. The second-order valence-electron chi connectivity index (χ2n) is 5.46. The monoisotopic (exact) mass is 416 g/mol. The van der Waals surface area contributed by atoms with Gasteiger partial charge in [-0.2, -0.15) is 0 Å². The molecule has 8 nitrogen and oxygen atoms in total. The van der Waals surface area contributed by atoms with Crippen LogP contribution in [0.3, 0.4) is 0 Å². The average molecular weight is 416 g/mol. The number of carbonyl (C=O) groups is 2. The fourth-order valence-corrected chi connectivity index (χ4v) is 3.38. The van der Waals surface area contributed by atoms with Crippen LogP contribution >= 0.6 is 24.0 Å². The summed E-state index contributed by atoms with van der Waals surface area (Å²) in [6.07, 6.45) is 1.63. The lowest BCUT2D eigenvalue weighted by molar-refractivity contribution is -0.384. The zero-order chi connectivity index (χ0) is 20.3. The van der Waals surface area contributed by atoms with E-state index in [4.69, 9.17) is 21.7 Å². The fourth-order valence-electron chi connectivity index (χ4n) is 2.34. The van der Waals surface area contributed by atoms with Crippen molar-refractivity contribution in [2.75, 3.05) is 7.11 Å². The van der Waals surface area contributed by atoms with Gasteiger partial charge in [0.25, 0.3) is 11.6 Å². The first-order chi connectivity index (χ1) is 13.4. The number of esters is 1. The molecule has 1 amide bonds. The van der Waals surface area contributed by atoms with Crippen molar-refractivity contribution in [1.29, 1.82) is 0 Å². The number of amides is 1. The number of nitro benzene ring substituents is 1. The summed E-state index contributed by atoms with van der Waals surface area (Å²) in [5, 5.41) is 13.4. The van der Waals surface area contributed by atoms with Gasteiger partial charge in [-0.05, 0) is 29.8 Å². The maximum absolute atomic E-state index is 12.3. The standard InChI is InChI=1S/C18H12N2O6S2/c1-25-14-7-10(8-15-16(21)19-18(27)28-15)5-6-13(14)26-17(22)11-3-2-4-12(9-11)20(23)24/h2-9H,1H3,(H,19,21,27)/b15-8-. The number of hydrogen-bond donors (Lipinski definition) is 1. The van der Waals surface area contributed by atoms with Crippen LogP contribution in [0.5, 0.6) is 11.5 Å². The number of hydrogen-bond acceptors (Lipinski definition) is 8. The number of rotatable bonds is 5. The van der Waals surface area contributed by atoms with E-state index in [0.717, 1.165) is 17.8 Å². The number of benzene rings is 2. The quantitative estimate of drug-likeness (QED) is 0.198. The number of thiocarbonyl (C=S) groups is 1. The molecule has 28 heavy (non-hydrogen) atoms. The third-order valence-corrected chi connectivity index (χ3v) is 4.79. The predicted molar refractivity (Wildman–Crippen MR) is 107 cm³/mol. The molecule has 1 N–H and O–H groups in total. The van der Waals surface area contributed by atoms with Gasteiger partial charge < -0.3 is 14.8 Å². The van der Waals surface area contributed by atoms with E-state index in [1.807, 2.05) is 0 Å².